The van der Waals surface area contributed by atoms with Crippen LogP contribution in [0.15, 0.2) is 24.3 Å². The molecule has 18 heavy (non-hydrogen) atoms. The number of hydrogen-bond acceptors (Lipinski definition) is 2. The Morgan fingerprint density at radius 2 is 1.72 bits per heavy atom. The Hall–Kier alpha value is -1.35. The van der Waals surface area contributed by atoms with Crippen LogP contribution in [0.1, 0.15) is 48.9 Å². The number of amides is 1. The van der Waals surface area contributed by atoms with Gasteiger partial charge in [-0.3, -0.25) is 9.69 Å². The van der Waals surface area contributed by atoms with E-state index in [1.807, 2.05) is 0 Å². The van der Waals surface area contributed by atoms with Crippen LogP contribution in [0.25, 0.3) is 0 Å². The van der Waals surface area contributed by atoms with E-state index in [1.54, 1.807) is 0 Å². The van der Waals surface area contributed by atoms with Gasteiger partial charge in [0.05, 0.1) is 6.54 Å². The summed E-state index contributed by atoms with van der Waals surface area (Å²) in [5, 5.41) is 3.10. The number of fused-ring (bicyclic) bond motifs is 5. The van der Waals surface area contributed by atoms with Gasteiger partial charge in [-0.2, -0.15) is 0 Å². The van der Waals surface area contributed by atoms with Crippen LogP contribution >= 0.6 is 0 Å². The quantitative estimate of drug-likeness (QED) is 0.881. The molecule has 2 atom stereocenters. The van der Waals surface area contributed by atoms with Gasteiger partial charge in [-0.05, 0) is 36.8 Å². The normalized spacial score (nSPS) is 29.3. The molecule has 4 rings (SSSR count). The Morgan fingerprint density at radius 1 is 1.11 bits per heavy atom. The maximum absolute atomic E-state index is 12.0. The Morgan fingerprint density at radius 3 is 2.28 bits per heavy atom. The van der Waals surface area contributed by atoms with E-state index in [1.165, 1.54) is 36.8 Å². The van der Waals surface area contributed by atoms with Crippen molar-refractivity contribution in [2.75, 3.05) is 6.54 Å². The van der Waals surface area contributed by atoms with Crippen LogP contribution < -0.4 is 5.32 Å². The second kappa shape index (κ2) is 3.82. The predicted molar refractivity (Wildman–Crippen MR) is 69.0 cm³/mol. The summed E-state index contributed by atoms with van der Waals surface area (Å²) in [4.78, 5) is 14.4. The molecule has 1 aliphatic carbocycles. The minimum Gasteiger partial charge on any atom is -0.352 e. The monoisotopic (exact) mass is 242 g/mol. The Balaban J connectivity index is 1.52. The predicted octanol–water partition coefficient (Wildman–Crippen LogP) is 2.16. The first-order chi connectivity index (χ1) is 8.83. The van der Waals surface area contributed by atoms with Gasteiger partial charge in [0.25, 0.3) is 0 Å². The minimum atomic E-state index is 0.210. The van der Waals surface area contributed by atoms with Gasteiger partial charge in [-0.15, -0.1) is 0 Å². The van der Waals surface area contributed by atoms with Gasteiger partial charge in [0.1, 0.15) is 0 Å². The highest BCUT2D eigenvalue weighted by Crippen LogP contribution is 2.52. The average molecular weight is 242 g/mol. The summed E-state index contributed by atoms with van der Waals surface area (Å²) in [6.45, 7) is 0.570. The zero-order valence-corrected chi connectivity index (χ0v) is 10.4. The maximum atomic E-state index is 12.0. The molecule has 1 aromatic rings. The highest BCUT2D eigenvalue weighted by molar-refractivity contribution is 5.79. The Labute approximate surface area is 107 Å². The lowest BCUT2D eigenvalue weighted by Gasteiger charge is -2.21. The zero-order chi connectivity index (χ0) is 12.1. The van der Waals surface area contributed by atoms with E-state index in [2.05, 4.69) is 34.5 Å². The van der Waals surface area contributed by atoms with E-state index in [4.69, 9.17) is 0 Å². The zero-order valence-electron chi connectivity index (χ0n) is 10.4. The van der Waals surface area contributed by atoms with Crippen molar-refractivity contribution in [1.29, 1.82) is 0 Å². The smallest absolute Gasteiger partial charge is 0.234 e. The largest absolute Gasteiger partial charge is 0.352 e. The number of rotatable bonds is 3. The van der Waals surface area contributed by atoms with Crippen LogP contribution in [-0.2, 0) is 4.79 Å². The first-order valence-electron chi connectivity index (χ1n) is 6.97. The number of nitrogens with one attached hydrogen (secondary N) is 1. The number of benzene rings is 1. The molecule has 1 amide bonds. The van der Waals surface area contributed by atoms with E-state index in [-0.39, 0.29) is 5.91 Å². The lowest BCUT2D eigenvalue weighted by molar-refractivity contribution is -0.123. The van der Waals surface area contributed by atoms with Crippen LogP contribution in [0.2, 0.25) is 0 Å². The lowest BCUT2D eigenvalue weighted by atomic mass is 9.92. The standard InChI is InChI=1S/C15H18N2O/c18-15(16-10-5-6-10)9-17-13-7-8-14(17)12-4-2-1-3-11(12)13/h1-4,10,13-14H,5-9H2,(H,16,18). The van der Waals surface area contributed by atoms with Crippen LogP contribution in [-0.4, -0.2) is 23.4 Å². The van der Waals surface area contributed by atoms with Crippen molar-refractivity contribution in [2.24, 2.45) is 0 Å². The first kappa shape index (κ1) is 10.6. The van der Waals surface area contributed by atoms with Gasteiger partial charge in [-0.1, -0.05) is 24.3 Å². The van der Waals surface area contributed by atoms with Gasteiger partial charge < -0.3 is 5.32 Å². The Kier molecular flexibility index (Phi) is 2.24. The van der Waals surface area contributed by atoms with Crippen molar-refractivity contribution in [3.63, 3.8) is 0 Å². The van der Waals surface area contributed by atoms with Crippen LogP contribution in [0.5, 0.6) is 0 Å². The number of nitrogens with zero attached hydrogens (tertiary/aromatic N) is 1. The fourth-order valence-electron chi connectivity index (χ4n) is 3.54. The second-order valence-electron chi connectivity index (χ2n) is 5.75. The SMILES string of the molecule is O=C(CN1C2CCC1c1ccccc12)NC1CC1. The molecule has 94 valence electrons. The number of carbonyl (C=O) groups excluding carboxylic acids is 1. The average Bonchev–Trinajstić information content (AvgIpc) is 3.04. The molecule has 2 unspecified atom stereocenters. The molecule has 1 saturated carbocycles. The molecule has 3 aliphatic rings. The molecule has 3 heteroatoms. The molecule has 2 bridgehead atoms. The fourth-order valence-corrected chi connectivity index (χ4v) is 3.54. The van der Waals surface area contributed by atoms with E-state index < -0.39 is 0 Å². The van der Waals surface area contributed by atoms with Gasteiger partial charge in [0.15, 0.2) is 0 Å². The molecule has 3 nitrogen and oxygen atoms in total. The molecule has 0 spiro atoms. The summed E-state index contributed by atoms with van der Waals surface area (Å²) in [5.41, 5.74) is 2.90. The fraction of sp³-hybridized carbons (Fsp3) is 0.533. The van der Waals surface area contributed by atoms with Gasteiger partial charge in [0, 0.05) is 18.1 Å². The molecule has 1 saturated heterocycles. The third-order valence-corrected chi connectivity index (χ3v) is 4.50. The van der Waals surface area contributed by atoms with Crippen molar-refractivity contribution in [3.05, 3.63) is 35.4 Å². The van der Waals surface area contributed by atoms with Crippen molar-refractivity contribution in [1.82, 2.24) is 10.2 Å². The molecular formula is C15H18N2O. The molecular weight excluding hydrogens is 224 g/mol. The van der Waals surface area contributed by atoms with Gasteiger partial charge in [0.2, 0.25) is 5.91 Å². The molecule has 0 aromatic heterocycles. The topological polar surface area (TPSA) is 32.3 Å². The van der Waals surface area contributed by atoms with Gasteiger partial charge >= 0.3 is 0 Å². The van der Waals surface area contributed by atoms with Crippen molar-refractivity contribution in [3.8, 4) is 0 Å². The number of hydrogen-bond donors (Lipinski definition) is 1. The van der Waals surface area contributed by atoms with Crippen LogP contribution in [0.4, 0.5) is 0 Å². The highest BCUT2D eigenvalue weighted by Gasteiger charge is 2.44. The van der Waals surface area contributed by atoms with E-state index >= 15 is 0 Å². The summed E-state index contributed by atoms with van der Waals surface area (Å²) in [6, 6.07) is 10.1. The summed E-state index contributed by atoms with van der Waals surface area (Å²) in [6.07, 6.45) is 4.74. The maximum Gasteiger partial charge on any atom is 0.234 e. The van der Waals surface area contributed by atoms with Crippen molar-refractivity contribution in [2.45, 2.75) is 43.8 Å². The van der Waals surface area contributed by atoms with E-state index in [0.29, 0.717) is 24.7 Å². The third-order valence-electron chi connectivity index (χ3n) is 4.50. The third kappa shape index (κ3) is 1.57. The first-order valence-corrected chi connectivity index (χ1v) is 6.97. The second-order valence-corrected chi connectivity index (χ2v) is 5.75. The molecule has 1 N–H and O–H groups in total. The molecule has 2 aliphatic heterocycles. The van der Waals surface area contributed by atoms with Crippen LogP contribution in [0, 0.1) is 0 Å². The van der Waals surface area contributed by atoms with E-state index in [9.17, 15) is 4.79 Å². The van der Waals surface area contributed by atoms with E-state index in [0.717, 1.165) is 0 Å². The lowest BCUT2D eigenvalue weighted by Crippen LogP contribution is -2.36. The molecule has 2 heterocycles. The Bertz CT molecular complexity index is 464. The molecule has 1 aromatic carbocycles. The van der Waals surface area contributed by atoms with Crippen molar-refractivity contribution >= 4 is 5.91 Å². The summed E-state index contributed by atoms with van der Waals surface area (Å²) in [5.74, 6) is 0.210. The molecule has 2 fully saturated rings. The van der Waals surface area contributed by atoms with Crippen LogP contribution in [0.3, 0.4) is 0 Å². The summed E-state index contributed by atoms with van der Waals surface area (Å²) >= 11 is 0. The highest BCUT2D eigenvalue weighted by atomic mass is 16.2. The summed E-state index contributed by atoms with van der Waals surface area (Å²) < 4.78 is 0. The van der Waals surface area contributed by atoms with Crippen molar-refractivity contribution < 1.29 is 4.79 Å². The molecule has 0 radical (unpaired) electrons. The minimum absolute atomic E-state index is 0.210. The summed E-state index contributed by atoms with van der Waals surface area (Å²) in [7, 11) is 0. The van der Waals surface area contributed by atoms with Gasteiger partial charge in [-0.25, -0.2) is 0 Å². The number of carbonyl (C=O) groups is 1.